The van der Waals surface area contributed by atoms with E-state index in [1.165, 1.54) is 6.07 Å². The van der Waals surface area contributed by atoms with Crippen molar-refractivity contribution in [2.75, 3.05) is 30.3 Å². The third kappa shape index (κ3) is 3.41. The molecule has 20 heavy (non-hydrogen) atoms. The summed E-state index contributed by atoms with van der Waals surface area (Å²) < 4.78 is 28.3. The second-order valence-electron chi connectivity index (χ2n) is 4.94. The summed E-state index contributed by atoms with van der Waals surface area (Å²) >= 11 is 0. The fourth-order valence-electron chi connectivity index (χ4n) is 2.44. The fraction of sp³-hybridized carbons (Fsp3) is 0.538. The van der Waals surface area contributed by atoms with E-state index in [1.807, 2.05) is 6.92 Å². The number of hydrogen-bond acceptors (Lipinski definition) is 5. The average molecular weight is 299 g/mol. The van der Waals surface area contributed by atoms with E-state index in [-0.39, 0.29) is 16.7 Å². The van der Waals surface area contributed by atoms with Crippen LogP contribution < -0.4 is 15.8 Å². The second kappa shape index (κ2) is 5.99. The molecule has 0 spiro atoms. The Kier molecular flexibility index (Phi) is 4.52. The number of nitrogen functional groups attached to an aromatic ring is 1. The molecule has 6 nitrogen and oxygen atoms in total. The maximum absolute atomic E-state index is 11.3. The molecule has 0 bridgehead atoms. The summed E-state index contributed by atoms with van der Waals surface area (Å²) in [6.07, 6.45) is 2.38. The molecule has 112 valence electrons. The van der Waals surface area contributed by atoms with Gasteiger partial charge in [0.05, 0.1) is 11.8 Å². The Morgan fingerprint density at radius 2 is 2.20 bits per heavy atom. The van der Waals surface area contributed by atoms with Crippen molar-refractivity contribution in [2.24, 2.45) is 5.14 Å². The number of nitrogens with two attached hydrogens (primary N) is 2. The molecule has 0 radical (unpaired) electrons. The first-order chi connectivity index (χ1) is 9.41. The molecule has 1 aliphatic heterocycles. The Morgan fingerprint density at radius 1 is 1.45 bits per heavy atom. The highest BCUT2D eigenvalue weighted by Crippen LogP contribution is 2.25. The molecule has 0 amide bonds. The predicted molar refractivity (Wildman–Crippen MR) is 79.1 cm³/mol. The lowest BCUT2D eigenvalue weighted by Crippen LogP contribution is -2.32. The molecular formula is C13H21N3O3S. The van der Waals surface area contributed by atoms with E-state index >= 15 is 0 Å². The summed E-state index contributed by atoms with van der Waals surface area (Å²) in [6, 6.07) is 4.84. The van der Waals surface area contributed by atoms with Crippen LogP contribution in [0.4, 0.5) is 11.4 Å². The summed E-state index contributed by atoms with van der Waals surface area (Å²) in [5, 5.41) is 5.11. The maximum atomic E-state index is 11.3. The van der Waals surface area contributed by atoms with Gasteiger partial charge in [-0.25, -0.2) is 13.6 Å². The highest BCUT2D eigenvalue weighted by molar-refractivity contribution is 7.89. The number of hydrogen-bond donors (Lipinski definition) is 2. The molecule has 1 atom stereocenters. The van der Waals surface area contributed by atoms with Gasteiger partial charge in [-0.15, -0.1) is 0 Å². The van der Waals surface area contributed by atoms with Gasteiger partial charge in [-0.3, -0.25) is 0 Å². The van der Waals surface area contributed by atoms with Crippen molar-refractivity contribution >= 4 is 21.4 Å². The minimum Gasteiger partial charge on any atom is -0.398 e. The summed E-state index contributed by atoms with van der Waals surface area (Å²) in [7, 11) is -3.77. The molecule has 1 fully saturated rings. The number of anilines is 2. The van der Waals surface area contributed by atoms with Crippen LogP contribution in [0.5, 0.6) is 0 Å². The number of rotatable bonds is 5. The van der Waals surface area contributed by atoms with Crippen LogP contribution in [0.2, 0.25) is 0 Å². The summed E-state index contributed by atoms with van der Waals surface area (Å²) in [4.78, 5) is 2.09. The lowest BCUT2D eigenvalue weighted by molar-refractivity contribution is 0.115. The van der Waals surface area contributed by atoms with Crippen LogP contribution in [-0.4, -0.2) is 34.2 Å². The van der Waals surface area contributed by atoms with Crippen molar-refractivity contribution < 1.29 is 13.2 Å². The van der Waals surface area contributed by atoms with Crippen molar-refractivity contribution in [3.63, 3.8) is 0 Å². The highest BCUT2D eigenvalue weighted by atomic mass is 32.2. The first kappa shape index (κ1) is 15.1. The molecule has 1 saturated heterocycles. The topological polar surface area (TPSA) is 98.6 Å². The number of primary sulfonamides is 1. The van der Waals surface area contributed by atoms with Gasteiger partial charge in [-0.2, -0.15) is 0 Å². The largest absolute Gasteiger partial charge is 0.398 e. The van der Waals surface area contributed by atoms with Gasteiger partial charge in [0.25, 0.3) is 0 Å². The van der Waals surface area contributed by atoms with Gasteiger partial charge in [0.2, 0.25) is 10.0 Å². The zero-order valence-electron chi connectivity index (χ0n) is 11.6. The van der Waals surface area contributed by atoms with Gasteiger partial charge in [0, 0.05) is 25.4 Å². The highest BCUT2D eigenvalue weighted by Gasteiger charge is 2.20. The lowest BCUT2D eigenvalue weighted by atomic mass is 10.2. The molecule has 1 aliphatic rings. The van der Waals surface area contributed by atoms with Crippen LogP contribution in [-0.2, 0) is 14.8 Å². The third-order valence-corrected chi connectivity index (χ3v) is 4.48. The molecular weight excluding hydrogens is 278 g/mol. The maximum Gasteiger partial charge on any atom is 0.240 e. The molecule has 4 N–H and O–H groups in total. The van der Waals surface area contributed by atoms with Crippen LogP contribution >= 0.6 is 0 Å². The molecule has 1 aromatic rings. The molecule has 1 heterocycles. The number of sulfonamides is 1. The first-order valence-electron chi connectivity index (χ1n) is 6.70. The second-order valence-corrected chi connectivity index (χ2v) is 6.47. The molecule has 1 aromatic carbocycles. The summed E-state index contributed by atoms with van der Waals surface area (Å²) in [5.41, 5.74) is 6.85. The van der Waals surface area contributed by atoms with Crippen LogP contribution in [0.15, 0.2) is 23.1 Å². The Morgan fingerprint density at radius 3 is 2.70 bits per heavy atom. The van der Waals surface area contributed by atoms with E-state index in [9.17, 15) is 8.42 Å². The van der Waals surface area contributed by atoms with Gasteiger partial charge in [-0.1, -0.05) is 0 Å². The SMILES string of the molecule is CCN(CC1CCCO1)c1ccc(S(N)(=O)=O)c(N)c1. The van der Waals surface area contributed by atoms with Crippen molar-refractivity contribution in [3.05, 3.63) is 18.2 Å². The number of nitrogens with zero attached hydrogens (tertiary/aromatic N) is 1. The predicted octanol–water partition coefficient (Wildman–Crippen LogP) is 0.921. The zero-order valence-corrected chi connectivity index (χ0v) is 12.4. The Hall–Kier alpha value is -1.31. The standard InChI is InChI=1S/C13H21N3O3S/c1-2-16(9-11-4-3-7-19-11)10-5-6-13(12(14)8-10)20(15,17)18/h5-6,8,11H,2-4,7,9,14H2,1H3,(H2,15,17,18). The summed E-state index contributed by atoms with van der Waals surface area (Å²) in [5.74, 6) is 0. The summed E-state index contributed by atoms with van der Waals surface area (Å²) in [6.45, 7) is 4.44. The third-order valence-electron chi connectivity index (χ3n) is 3.49. The van der Waals surface area contributed by atoms with E-state index in [4.69, 9.17) is 15.6 Å². The van der Waals surface area contributed by atoms with E-state index in [0.29, 0.717) is 0 Å². The molecule has 0 saturated carbocycles. The number of likely N-dealkylation sites (N-methyl/N-ethyl adjacent to an activating group) is 1. The molecule has 0 aliphatic carbocycles. The Labute approximate surface area is 119 Å². The van der Waals surface area contributed by atoms with Crippen LogP contribution in [0.3, 0.4) is 0 Å². The van der Waals surface area contributed by atoms with Crippen molar-refractivity contribution in [2.45, 2.75) is 30.8 Å². The average Bonchev–Trinajstić information content (AvgIpc) is 2.87. The monoisotopic (exact) mass is 299 g/mol. The number of ether oxygens (including phenoxy) is 1. The Balaban J connectivity index is 2.20. The van der Waals surface area contributed by atoms with Gasteiger partial charge in [-0.05, 0) is 38.0 Å². The molecule has 0 aromatic heterocycles. The molecule has 7 heteroatoms. The smallest absolute Gasteiger partial charge is 0.240 e. The van der Waals surface area contributed by atoms with Crippen molar-refractivity contribution in [1.29, 1.82) is 0 Å². The normalized spacial score (nSPS) is 19.2. The zero-order chi connectivity index (χ0) is 14.8. The van der Waals surface area contributed by atoms with Crippen molar-refractivity contribution in [1.82, 2.24) is 0 Å². The van der Waals surface area contributed by atoms with E-state index in [0.717, 1.165) is 38.2 Å². The van der Waals surface area contributed by atoms with Crippen LogP contribution in [0, 0.1) is 0 Å². The lowest BCUT2D eigenvalue weighted by Gasteiger charge is -2.26. The van der Waals surface area contributed by atoms with Gasteiger partial charge >= 0.3 is 0 Å². The van der Waals surface area contributed by atoms with E-state index < -0.39 is 10.0 Å². The van der Waals surface area contributed by atoms with E-state index in [2.05, 4.69) is 4.90 Å². The van der Waals surface area contributed by atoms with Crippen LogP contribution in [0.1, 0.15) is 19.8 Å². The van der Waals surface area contributed by atoms with Crippen LogP contribution in [0.25, 0.3) is 0 Å². The minimum atomic E-state index is -3.77. The first-order valence-corrected chi connectivity index (χ1v) is 8.25. The van der Waals surface area contributed by atoms with Gasteiger partial charge in [0.1, 0.15) is 4.90 Å². The fourth-order valence-corrected chi connectivity index (χ4v) is 3.09. The number of benzene rings is 1. The minimum absolute atomic E-state index is 0.0329. The van der Waals surface area contributed by atoms with Gasteiger partial charge in [0.15, 0.2) is 0 Å². The quantitative estimate of drug-likeness (QED) is 0.788. The molecule has 2 rings (SSSR count). The van der Waals surface area contributed by atoms with Gasteiger partial charge < -0.3 is 15.4 Å². The molecule has 1 unspecified atom stereocenters. The Bertz CT molecular complexity index is 568. The van der Waals surface area contributed by atoms with E-state index in [1.54, 1.807) is 12.1 Å². The van der Waals surface area contributed by atoms with Crippen molar-refractivity contribution in [3.8, 4) is 0 Å².